The van der Waals surface area contributed by atoms with Crippen LogP contribution >= 0.6 is 0 Å². The smallest absolute Gasteiger partial charge is 0.257 e. The number of aliphatic hydroxyl groups excluding tert-OH is 1. The molecule has 5 heteroatoms. The number of hydrogen-bond donors (Lipinski definition) is 2. The monoisotopic (exact) mass is 237 g/mol. The Hall–Kier alpha value is -1.75. The largest absolute Gasteiger partial charge is 0.507 e. The first kappa shape index (κ1) is 11.7. The summed E-state index contributed by atoms with van der Waals surface area (Å²) in [6.45, 7) is 0.826. The molecule has 1 amide bonds. The molecule has 1 fully saturated rings. The Balaban J connectivity index is 2.24. The molecule has 0 bridgehead atoms. The molecule has 1 aliphatic rings. The first-order chi connectivity index (χ1) is 8.11. The predicted octanol–water partition coefficient (Wildman–Crippen LogP) is 0.608. The fraction of sp³-hybridized carbons (Fsp3) is 0.417. The van der Waals surface area contributed by atoms with Crippen LogP contribution in [0.2, 0.25) is 0 Å². The number of hydrogen-bond acceptors (Lipinski definition) is 4. The van der Waals surface area contributed by atoms with Crippen molar-refractivity contribution >= 4 is 5.91 Å². The van der Waals surface area contributed by atoms with E-state index < -0.39 is 6.10 Å². The van der Waals surface area contributed by atoms with Crippen molar-refractivity contribution < 1.29 is 19.7 Å². The first-order valence-electron chi connectivity index (χ1n) is 5.46. The van der Waals surface area contributed by atoms with E-state index in [0.29, 0.717) is 25.3 Å². The van der Waals surface area contributed by atoms with E-state index in [0.717, 1.165) is 0 Å². The number of benzene rings is 1. The highest BCUT2D eigenvalue weighted by Crippen LogP contribution is 2.25. The molecule has 92 valence electrons. The Kier molecular flexibility index (Phi) is 3.19. The number of nitrogens with zero attached hydrogens (tertiary/aromatic N) is 1. The van der Waals surface area contributed by atoms with E-state index in [1.807, 2.05) is 0 Å². The number of aliphatic hydroxyl groups is 1. The van der Waals surface area contributed by atoms with Crippen molar-refractivity contribution in [2.75, 3.05) is 20.2 Å². The summed E-state index contributed by atoms with van der Waals surface area (Å²) in [4.78, 5) is 13.6. The third-order valence-corrected chi connectivity index (χ3v) is 2.88. The highest BCUT2D eigenvalue weighted by Gasteiger charge is 2.27. The van der Waals surface area contributed by atoms with Crippen LogP contribution in [0, 0.1) is 0 Å². The van der Waals surface area contributed by atoms with Crippen LogP contribution < -0.4 is 4.74 Å². The minimum Gasteiger partial charge on any atom is -0.507 e. The zero-order valence-corrected chi connectivity index (χ0v) is 9.59. The van der Waals surface area contributed by atoms with E-state index in [2.05, 4.69) is 0 Å². The molecule has 0 spiro atoms. The van der Waals surface area contributed by atoms with Gasteiger partial charge >= 0.3 is 0 Å². The number of ether oxygens (including phenoxy) is 1. The van der Waals surface area contributed by atoms with Crippen LogP contribution in [0.15, 0.2) is 18.2 Å². The Morgan fingerprint density at radius 1 is 1.53 bits per heavy atom. The number of methoxy groups -OCH3 is 1. The lowest BCUT2D eigenvalue weighted by Gasteiger charge is -2.16. The van der Waals surface area contributed by atoms with Crippen LogP contribution in [0.3, 0.4) is 0 Å². The second kappa shape index (κ2) is 4.63. The van der Waals surface area contributed by atoms with Crippen molar-refractivity contribution in [3.05, 3.63) is 23.8 Å². The number of likely N-dealkylation sites (tertiary alicyclic amines) is 1. The van der Waals surface area contributed by atoms with Crippen molar-refractivity contribution in [1.29, 1.82) is 0 Å². The zero-order valence-electron chi connectivity index (χ0n) is 9.59. The molecule has 0 saturated carbocycles. The molecule has 0 aromatic heterocycles. The molecule has 1 saturated heterocycles. The summed E-state index contributed by atoms with van der Waals surface area (Å²) in [5.41, 5.74) is 0.207. The average Bonchev–Trinajstić information content (AvgIpc) is 2.76. The number of β-amino-alcohol motifs (C(OH)–C–C–N with tert-alkyl or cyclic N) is 1. The quantitative estimate of drug-likeness (QED) is 0.790. The summed E-state index contributed by atoms with van der Waals surface area (Å²) >= 11 is 0. The van der Waals surface area contributed by atoms with Gasteiger partial charge in [0.05, 0.1) is 18.8 Å². The van der Waals surface area contributed by atoms with Gasteiger partial charge in [-0.15, -0.1) is 0 Å². The highest BCUT2D eigenvalue weighted by atomic mass is 16.5. The number of aromatic hydroxyl groups is 1. The number of amides is 1. The lowest BCUT2D eigenvalue weighted by atomic mass is 10.1. The van der Waals surface area contributed by atoms with Crippen molar-refractivity contribution in [2.24, 2.45) is 0 Å². The van der Waals surface area contributed by atoms with Gasteiger partial charge in [0.15, 0.2) is 0 Å². The Morgan fingerprint density at radius 3 is 2.88 bits per heavy atom. The van der Waals surface area contributed by atoms with E-state index >= 15 is 0 Å². The molecule has 0 aliphatic carbocycles. The van der Waals surface area contributed by atoms with Gasteiger partial charge < -0.3 is 19.8 Å². The number of carbonyl (C=O) groups excluding carboxylic acids is 1. The summed E-state index contributed by atoms with van der Waals surface area (Å²) in [5, 5.41) is 19.0. The molecule has 17 heavy (non-hydrogen) atoms. The SMILES string of the molecule is COc1ccc(O)c(C(=O)N2CC[C@H](O)C2)c1. The van der Waals surface area contributed by atoms with Crippen molar-refractivity contribution in [1.82, 2.24) is 4.90 Å². The first-order valence-corrected chi connectivity index (χ1v) is 5.46. The normalized spacial score (nSPS) is 19.4. The molecule has 1 aromatic carbocycles. The maximum atomic E-state index is 12.1. The molecule has 1 aliphatic heterocycles. The molecule has 0 unspecified atom stereocenters. The van der Waals surface area contributed by atoms with Gasteiger partial charge in [-0.3, -0.25) is 4.79 Å². The molecular formula is C12H15NO4. The van der Waals surface area contributed by atoms with Crippen molar-refractivity contribution in [3.63, 3.8) is 0 Å². The third kappa shape index (κ3) is 2.34. The van der Waals surface area contributed by atoms with Crippen molar-refractivity contribution in [3.8, 4) is 11.5 Å². The van der Waals surface area contributed by atoms with Gasteiger partial charge in [-0.2, -0.15) is 0 Å². The number of carbonyl (C=O) groups is 1. The molecule has 5 nitrogen and oxygen atoms in total. The molecule has 0 radical (unpaired) electrons. The predicted molar refractivity (Wildman–Crippen MR) is 61.2 cm³/mol. The van der Waals surface area contributed by atoms with Crippen LogP contribution in [-0.2, 0) is 0 Å². The summed E-state index contributed by atoms with van der Waals surface area (Å²) in [6, 6.07) is 4.52. The molecule has 1 aromatic rings. The van der Waals surface area contributed by atoms with Gasteiger partial charge in [0.25, 0.3) is 5.91 Å². The van der Waals surface area contributed by atoms with E-state index in [1.165, 1.54) is 24.1 Å². The lowest BCUT2D eigenvalue weighted by molar-refractivity contribution is 0.0761. The molecule has 1 heterocycles. The summed E-state index contributed by atoms with van der Waals surface area (Å²) in [7, 11) is 1.50. The van der Waals surface area contributed by atoms with E-state index in [-0.39, 0.29) is 17.2 Å². The number of phenolic OH excluding ortho intramolecular Hbond substituents is 1. The van der Waals surface area contributed by atoms with Gasteiger partial charge in [0, 0.05) is 13.1 Å². The maximum Gasteiger partial charge on any atom is 0.257 e. The standard InChI is InChI=1S/C12H15NO4/c1-17-9-2-3-11(15)10(6-9)12(16)13-5-4-8(14)7-13/h2-3,6,8,14-15H,4-5,7H2,1H3/t8-/m0/s1. The van der Waals surface area contributed by atoms with Gasteiger partial charge in [0.2, 0.25) is 0 Å². The number of phenols is 1. The Labute approximate surface area is 99.2 Å². The molecule has 1 atom stereocenters. The summed E-state index contributed by atoms with van der Waals surface area (Å²) in [5.74, 6) is 0.168. The van der Waals surface area contributed by atoms with Gasteiger partial charge in [-0.1, -0.05) is 0 Å². The van der Waals surface area contributed by atoms with Crippen LogP contribution in [0.4, 0.5) is 0 Å². The minimum absolute atomic E-state index is 0.0720. The summed E-state index contributed by atoms with van der Waals surface area (Å²) < 4.78 is 5.01. The Morgan fingerprint density at radius 2 is 2.29 bits per heavy atom. The maximum absolute atomic E-state index is 12.1. The lowest BCUT2D eigenvalue weighted by Crippen LogP contribution is -2.29. The van der Waals surface area contributed by atoms with Crippen molar-refractivity contribution in [2.45, 2.75) is 12.5 Å². The van der Waals surface area contributed by atoms with E-state index in [9.17, 15) is 15.0 Å². The fourth-order valence-corrected chi connectivity index (χ4v) is 1.91. The fourth-order valence-electron chi connectivity index (χ4n) is 1.91. The average molecular weight is 237 g/mol. The van der Waals surface area contributed by atoms with Gasteiger partial charge in [-0.05, 0) is 24.6 Å². The van der Waals surface area contributed by atoms with Crippen LogP contribution in [-0.4, -0.2) is 47.3 Å². The van der Waals surface area contributed by atoms with E-state index in [4.69, 9.17) is 4.74 Å². The van der Waals surface area contributed by atoms with Crippen LogP contribution in [0.1, 0.15) is 16.8 Å². The zero-order chi connectivity index (χ0) is 12.4. The van der Waals surface area contributed by atoms with Crippen LogP contribution in [0.5, 0.6) is 11.5 Å². The second-order valence-corrected chi connectivity index (χ2v) is 4.08. The minimum atomic E-state index is -0.466. The Bertz CT molecular complexity index is 433. The third-order valence-electron chi connectivity index (χ3n) is 2.88. The second-order valence-electron chi connectivity index (χ2n) is 4.08. The molecule has 2 N–H and O–H groups in total. The topological polar surface area (TPSA) is 70.0 Å². The molecular weight excluding hydrogens is 222 g/mol. The molecule has 2 rings (SSSR count). The summed E-state index contributed by atoms with van der Waals surface area (Å²) in [6.07, 6.45) is 0.114. The van der Waals surface area contributed by atoms with Gasteiger partial charge in [0.1, 0.15) is 11.5 Å². The highest BCUT2D eigenvalue weighted by molar-refractivity contribution is 5.97. The van der Waals surface area contributed by atoms with Gasteiger partial charge in [-0.25, -0.2) is 0 Å². The van der Waals surface area contributed by atoms with Crippen LogP contribution in [0.25, 0.3) is 0 Å². The number of rotatable bonds is 2. The van der Waals surface area contributed by atoms with E-state index in [1.54, 1.807) is 6.07 Å².